The van der Waals surface area contributed by atoms with Crippen LogP contribution in [-0.4, -0.2) is 26.1 Å². The molecule has 0 heterocycles. The second kappa shape index (κ2) is 4.67. The first kappa shape index (κ1) is 12.1. The summed E-state index contributed by atoms with van der Waals surface area (Å²) >= 11 is 0. The maximum Gasteiger partial charge on any atom is 0.125 e. The summed E-state index contributed by atoms with van der Waals surface area (Å²) in [7, 11) is 5.92. The number of hydrogen-bond acceptors (Lipinski definition) is 2. The molecule has 0 amide bonds. The molecule has 0 saturated heterocycles. The SMILES string of the molecule is COc1c(C)cc(C)c(CN(C)C)c1C. The molecule has 0 unspecified atom stereocenters. The van der Waals surface area contributed by atoms with Gasteiger partial charge in [-0.05, 0) is 57.1 Å². The zero-order chi connectivity index (χ0) is 11.6. The zero-order valence-electron chi connectivity index (χ0n) is 10.6. The van der Waals surface area contributed by atoms with Crippen molar-refractivity contribution in [3.05, 3.63) is 28.3 Å². The Hall–Kier alpha value is -1.02. The van der Waals surface area contributed by atoms with E-state index in [1.807, 2.05) is 0 Å². The smallest absolute Gasteiger partial charge is 0.125 e. The fourth-order valence-electron chi connectivity index (χ4n) is 2.08. The van der Waals surface area contributed by atoms with E-state index < -0.39 is 0 Å². The van der Waals surface area contributed by atoms with Gasteiger partial charge in [-0.25, -0.2) is 0 Å². The lowest BCUT2D eigenvalue weighted by Crippen LogP contribution is -2.13. The van der Waals surface area contributed by atoms with Gasteiger partial charge in [0, 0.05) is 6.54 Å². The predicted molar refractivity (Wildman–Crippen MR) is 64.6 cm³/mol. The Morgan fingerprint density at radius 2 is 1.73 bits per heavy atom. The van der Waals surface area contributed by atoms with E-state index >= 15 is 0 Å². The maximum absolute atomic E-state index is 5.43. The normalized spacial score (nSPS) is 10.9. The average molecular weight is 207 g/mol. The number of hydrogen-bond donors (Lipinski definition) is 0. The van der Waals surface area contributed by atoms with Gasteiger partial charge in [0.15, 0.2) is 0 Å². The molecule has 2 nitrogen and oxygen atoms in total. The van der Waals surface area contributed by atoms with E-state index in [0.717, 1.165) is 12.3 Å². The Balaban J connectivity index is 3.26. The van der Waals surface area contributed by atoms with Crippen molar-refractivity contribution < 1.29 is 4.74 Å². The van der Waals surface area contributed by atoms with Crippen LogP contribution in [-0.2, 0) is 6.54 Å². The standard InChI is InChI=1S/C13H21NO/c1-9-7-10(2)13(15-6)11(3)12(9)8-14(4)5/h7H,8H2,1-6H3. The van der Waals surface area contributed by atoms with Crippen LogP contribution < -0.4 is 4.74 Å². The minimum absolute atomic E-state index is 0.967. The van der Waals surface area contributed by atoms with Crippen LogP contribution in [0, 0.1) is 20.8 Å². The summed E-state index contributed by atoms with van der Waals surface area (Å²) in [5.74, 6) is 1.03. The molecule has 0 aliphatic heterocycles. The number of rotatable bonds is 3. The van der Waals surface area contributed by atoms with Crippen LogP contribution >= 0.6 is 0 Å². The van der Waals surface area contributed by atoms with Gasteiger partial charge in [-0.15, -0.1) is 0 Å². The highest BCUT2D eigenvalue weighted by atomic mass is 16.5. The molecule has 1 rings (SSSR count). The lowest BCUT2D eigenvalue weighted by Gasteiger charge is -2.19. The van der Waals surface area contributed by atoms with Crippen LogP contribution in [0.3, 0.4) is 0 Å². The highest BCUT2D eigenvalue weighted by Gasteiger charge is 2.11. The quantitative estimate of drug-likeness (QED) is 0.755. The van der Waals surface area contributed by atoms with Crippen molar-refractivity contribution in [3.63, 3.8) is 0 Å². The Bertz CT molecular complexity index is 356. The molecule has 15 heavy (non-hydrogen) atoms. The largest absolute Gasteiger partial charge is 0.496 e. The van der Waals surface area contributed by atoms with E-state index in [1.54, 1.807) is 7.11 Å². The van der Waals surface area contributed by atoms with Crippen LogP contribution in [0.4, 0.5) is 0 Å². The minimum Gasteiger partial charge on any atom is -0.496 e. The number of ether oxygens (including phenoxy) is 1. The van der Waals surface area contributed by atoms with Gasteiger partial charge in [0.05, 0.1) is 7.11 Å². The minimum atomic E-state index is 0.967. The van der Waals surface area contributed by atoms with Crippen molar-refractivity contribution >= 4 is 0 Å². The molecular formula is C13H21NO. The summed E-state index contributed by atoms with van der Waals surface area (Å²) in [6, 6.07) is 2.20. The first-order chi connectivity index (χ1) is 6.97. The molecule has 0 aliphatic rings. The monoisotopic (exact) mass is 207 g/mol. The predicted octanol–water partition coefficient (Wildman–Crippen LogP) is 2.68. The fourth-order valence-corrected chi connectivity index (χ4v) is 2.08. The first-order valence-corrected chi connectivity index (χ1v) is 5.25. The van der Waals surface area contributed by atoms with Crippen molar-refractivity contribution in [2.75, 3.05) is 21.2 Å². The molecule has 1 aromatic carbocycles. The van der Waals surface area contributed by atoms with Crippen molar-refractivity contribution in [2.24, 2.45) is 0 Å². The third-order valence-electron chi connectivity index (χ3n) is 2.74. The van der Waals surface area contributed by atoms with Crippen molar-refractivity contribution in [1.29, 1.82) is 0 Å². The molecule has 0 N–H and O–H groups in total. The van der Waals surface area contributed by atoms with Gasteiger partial charge in [-0.3, -0.25) is 0 Å². The molecule has 1 aromatic rings. The molecule has 0 aliphatic carbocycles. The lowest BCUT2D eigenvalue weighted by atomic mass is 9.98. The summed E-state index contributed by atoms with van der Waals surface area (Å²) in [5, 5.41) is 0. The van der Waals surface area contributed by atoms with Crippen molar-refractivity contribution in [2.45, 2.75) is 27.3 Å². The molecule has 0 saturated carbocycles. The summed E-state index contributed by atoms with van der Waals surface area (Å²) in [4.78, 5) is 2.18. The van der Waals surface area contributed by atoms with Gasteiger partial charge < -0.3 is 9.64 Å². The highest BCUT2D eigenvalue weighted by Crippen LogP contribution is 2.29. The molecule has 84 valence electrons. The number of methoxy groups -OCH3 is 1. The molecular weight excluding hydrogens is 186 g/mol. The highest BCUT2D eigenvalue weighted by molar-refractivity contribution is 5.49. The number of benzene rings is 1. The van der Waals surface area contributed by atoms with Gasteiger partial charge >= 0.3 is 0 Å². The molecule has 0 bridgehead atoms. The van der Waals surface area contributed by atoms with Crippen molar-refractivity contribution in [3.8, 4) is 5.75 Å². The van der Waals surface area contributed by atoms with Gasteiger partial charge in [-0.2, -0.15) is 0 Å². The van der Waals surface area contributed by atoms with E-state index in [0.29, 0.717) is 0 Å². The third-order valence-corrected chi connectivity index (χ3v) is 2.74. The second-order valence-electron chi connectivity index (χ2n) is 4.38. The van der Waals surface area contributed by atoms with E-state index in [4.69, 9.17) is 4.74 Å². The summed E-state index contributed by atoms with van der Waals surface area (Å²) in [6.45, 7) is 7.36. The Morgan fingerprint density at radius 1 is 1.13 bits per heavy atom. The molecule has 0 spiro atoms. The van der Waals surface area contributed by atoms with Gasteiger partial charge in [-0.1, -0.05) is 6.07 Å². The Kier molecular flexibility index (Phi) is 3.75. The average Bonchev–Trinajstić information content (AvgIpc) is 2.12. The molecule has 0 atom stereocenters. The van der Waals surface area contributed by atoms with Crippen LogP contribution in [0.1, 0.15) is 22.3 Å². The van der Waals surface area contributed by atoms with Crippen LogP contribution in [0.25, 0.3) is 0 Å². The second-order valence-corrected chi connectivity index (χ2v) is 4.38. The molecule has 2 heteroatoms. The topological polar surface area (TPSA) is 12.5 Å². The first-order valence-electron chi connectivity index (χ1n) is 5.25. The van der Waals surface area contributed by atoms with Crippen LogP contribution in [0.5, 0.6) is 5.75 Å². The number of nitrogens with zero attached hydrogens (tertiary/aromatic N) is 1. The van der Waals surface area contributed by atoms with E-state index in [1.165, 1.54) is 22.3 Å². The maximum atomic E-state index is 5.43. The summed E-state index contributed by atoms with van der Waals surface area (Å²) in [6.07, 6.45) is 0. The Morgan fingerprint density at radius 3 is 2.20 bits per heavy atom. The third kappa shape index (κ3) is 2.51. The molecule has 0 radical (unpaired) electrons. The molecule has 0 aromatic heterocycles. The van der Waals surface area contributed by atoms with Crippen molar-refractivity contribution in [1.82, 2.24) is 4.90 Å². The molecule has 0 fully saturated rings. The lowest BCUT2D eigenvalue weighted by molar-refractivity contribution is 0.390. The van der Waals surface area contributed by atoms with E-state index in [9.17, 15) is 0 Å². The summed E-state index contributed by atoms with van der Waals surface area (Å²) < 4.78 is 5.43. The fraction of sp³-hybridized carbons (Fsp3) is 0.538. The number of aryl methyl sites for hydroxylation is 2. The van der Waals surface area contributed by atoms with Crippen LogP contribution in [0.2, 0.25) is 0 Å². The van der Waals surface area contributed by atoms with Gasteiger partial charge in [0.1, 0.15) is 5.75 Å². The zero-order valence-corrected chi connectivity index (χ0v) is 10.6. The van der Waals surface area contributed by atoms with E-state index in [-0.39, 0.29) is 0 Å². The van der Waals surface area contributed by atoms with Gasteiger partial charge in [0.25, 0.3) is 0 Å². The summed E-state index contributed by atoms with van der Waals surface area (Å²) in [5.41, 5.74) is 5.21. The van der Waals surface area contributed by atoms with Crippen LogP contribution in [0.15, 0.2) is 6.07 Å². The Labute approximate surface area is 92.9 Å². The van der Waals surface area contributed by atoms with Gasteiger partial charge in [0.2, 0.25) is 0 Å². The van der Waals surface area contributed by atoms with E-state index in [2.05, 4.69) is 45.8 Å².